The predicted octanol–water partition coefficient (Wildman–Crippen LogP) is 4.14. The monoisotopic (exact) mass is 306 g/mol. The Morgan fingerprint density at radius 2 is 1.82 bits per heavy atom. The molecule has 0 fully saturated rings. The molecule has 0 aliphatic carbocycles. The van der Waals surface area contributed by atoms with E-state index in [0.717, 1.165) is 32.7 Å². The maximum atomic E-state index is 6.27. The molecule has 0 aliphatic heterocycles. The molecule has 0 aliphatic rings. The van der Waals surface area contributed by atoms with Gasteiger partial charge in [-0.15, -0.1) is 0 Å². The first-order valence-corrected chi connectivity index (χ1v) is 7.19. The zero-order valence-electron chi connectivity index (χ0n) is 11.5. The van der Waals surface area contributed by atoms with Crippen LogP contribution in [0.25, 0.3) is 27.7 Å². The number of hydrogen-bond acceptors (Lipinski definition) is 3. The van der Waals surface area contributed by atoms with Gasteiger partial charge in [-0.3, -0.25) is 0 Å². The van der Waals surface area contributed by atoms with Crippen molar-refractivity contribution < 1.29 is 0 Å². The van der Waals surface area contributed by atoms with Crippen molar-refractivity contribution in [2.75, 3.05) is 0 Å². The second kappa shape index (κ2) is 5.24. The first kappa shape index (κ1) is 13.0. The van der Waals surface area contributed by atoms with Gasteiger partial charge in [0, 0.05) is 33.8 Å². The molecule has 0 unspecified atom stereocenters. The lowest BCUT2D eigenvalue weighted by Crippen LogP contribution is -1.95. The average Bonchev–Trinajstić information content (AvgIpc) is 3.06. The van der Waals surface area contributed by atoms with Crippen LogP contribution >= 0.6 is 11.6 Å². The molecule has 0 N–H and O–H groups in total. The van der Waals surface area contributed by atoms with E-state index in [1.165, 1.54) is 6.33 Å². The van der Waals surface area contributed by atoms with Gasteiger partial charge in [-0.25, -0.2) is 14.6 Å². The normalized spacial score (nSPS) is 11.0. The van der Waals surface area contributed by atoms with E-state index in [9.17, 15) is 0 Å². The summed E-state index contributed by atoms with van der Waals surface area (Å²) in [6, 6.07) is 13.8. The lowest BCUT2D eigenvalue weighted by Gasteiger charge is -2.07. The topological polar surface area (TPSA) is 43.6 Å². The molecular formula is C17H11ClN4. The van der Waals surface area contributed by atoms with Crippen LogP contribution in [0.5, 0.6) is 0 Å². The molecule has 0 spiro atoms. The van der Waals surface area contributed by atoms with Gasteiger partial charge in [0.25, 0.3) is 0 Å². The number of benzene rings is 2. The van der Waals surface area contributed by atoms with Crippen LogP contribution in [0.3, 0.4) is 0 Å². The van der Waals surface area contributed by atoms with Crippen molar-refractivity contribution in [1.29, 1.82) is 0 Å². The molecule has 0 radical (unpaired) electrons. The highest BCUT2D eigenvalue weighted by Gasteiger charge is 2.09. The molecule has 4 nitrogen and oxygen atoms in total. The fraction of sp³-hybridized carbons (Fsp3) is 0. The smallest absolute Gasteiger partial charge is 0.116 e. The molecule has 2 aromatic heterocycles. The third kappa shape index (κ3) is 2.14. The Hall–Kier alpha value is -2.72. The zero-order valence-corrected chi connectivity index (χ0v) is 12.3. The Morgan fingerprint density at radius 1 is 0.955 bits per heavy atom. The van der Waals surface area contributed by atoms with Gasteiger partial charge in [-0.1, -0.05) is 35.9 Å². The molecule has 2 heterocycles. The van der Waals surface area contributed by atoms with E-state index in [0.29, 0.717) is 0 Å². The summed E-state index contributed by atoms with van der Waals surface area (Å²) in [5.41, 5.74) is 2.78. The quantitative estimate of drug-likeness (QED) is 0.559. The third-order valence-corrected chi connectivity index (χ3v) is 3.88. The molecule has 0 amide bonds. The van der Waals surface area contributed by atoms with E-state index in [1.807, 2.05) is 53.3 Å². The summed E-state index contributed by atoms with van der Waals surface area (Å²) in [7, 11) is 0. The SMILES string of the molecule is Clc1ccc(-n2cc(-c3ccncn3)cn2)c2ccccc12. The van der Waals surface area contributed by atoms with E-state index >= 15 is 0 Å². The first-order valence-electron chi connectivity index (χ1n) is 6.81. The van der Waals surface area contributed by atoms with Gasteiger partial charge < -0.3 is 0 Å². The Morgan fingerprint density at radius 3 is 2.64 bits per heavy atom. The number of halogens is 1. The van der Waals surface area contributed by atoms with Crippen molar-refractivity contribution in [3.05, 3.63) is 72.4 Å². The van der Waals surface area contributed by atoms with Gasteiger partial charge in [-0.2, -0.15) is 5.10 Å². The highest BCUT2D eigenvalue weighted by molar-refractivity contribution is 6.35. The molecule has 0 saturated carbocycles. The molecular weight excluding hydrogens is 296 g/mol. The molecule has 0 bridgehead atoms. The summed E-state index contributed by atoms with van der Waals surface area (Å²) in [5.74, 6) is 0. The van der Waals surface area contributed by atoms with Crippen molar-refractivity contribution in [2.24, 2.45) is 0 Å². The largest absolute Gasteiger partial charge is 0.245 e. The van der Waals surface area contributed by atoms with Crippen molar-refractivity contribution in [3.63, 3.8) is 0 Å². The highest BCUT2D eigenvalue weighted by atomic mass is 35.5. The van der Waals surface area contributed by atoms with Gasteiger partial charge in [0.2, 0.25) is 0 Å². The molecule has 0 saturated heterocycles. The van der Waals surface area contributed by atoms with Crippen molar-refractivity contribution >= 4 is 22.4 Å². The average molecular weight is 307 g/mol. The van der Waals surface area contributed by atoms with Crippen LogP contribution in [0.2, 0.25) is 5.02 Å². The Labute approximate surface area is 132 Å². The number of nitrogens with zero attached hydrogens (tertiary/aromatic N) is 4. The molecule has 5 heteroatoms. The molecule has 2 aromatic carbocycles. The molecule has 0 atom stereocenters. The van der Waals surface area contributed by atoms with Crippen LogP contribution in [0.15, 0.2) is 67.4 Å². The minimum Gasteiger partial charge on any atom is -0.245 e. The van der Waals surface area contributed by atoms with Gasteiger partial charge in [-0.05, 0) is 18.2 Å². The lowest BCUT2D eigenvalue weighted by atomic mass is 10.1. The zero-order chi connectivity index (χ0) is 14.9. The van der Waals surface area contributed by atoms with Gasteiger partial charge >= 0.3 is 0 Å². The van der Waals surface area contributed by atoms with E-state index in [2.05, 4.69) is 15.1 Å². The van der Waals surface area contributed by atoms with E-state index in [4.69, 9.17) is 11.6 Å². The van der Waals surface area contributed by atoms with Crippen LogP contribution < -0.4 is 0 Å². The van der Waals surface area contributed by atoms with Gasteiger partial charge in [0.15, 0.2) is 0 Å². The maximum absolute atomic E-state index is 6.27. The molecule has 4 aromatic rings. The Kier molecular flexibility index (Phi) is 3.09. The van der Waals surface area contributed by atoms with Gasteiger partial charge in [0.1, 0.15) is 6.33 Å². The summed E-state index contributed by atoms with van der Waals surface area (Å²) in [5, 5.41) is 7.27. The lowest BCUT2D eigenvalue weighted by molar-refractivity contribution is 0.888. The van der Waals surface area contributed by atoms with Crippen LogP contribution in [0, 0.1) is 0 Å². The van der Waals surface area contributed by atoms with Crippen LogP contribution in [-0.2, 0) is 0 Å². The molecule has 106 valence electrons. The maximum Gasteiger partial charge on any atom is 0.116 e. The highest BCUT2D eigenvalue weighted by Crippen LogP contribution is 2.29. The van der Waals surface area contributed by atoms with E-state index in [1.54, 1.807) is 12.4 Å². The number of fused-ring (bicyclic) bond motifs is 1. The molecule has 22 heavy (non-hydrogen) atoms. The van der Waals surface area contributed by atoms with Crippen molar-refractivity contribution in [3.8, 4) is 16.9 Å². The van der Waals surface area contributed by atoms with E-state index in [-0.39, 0.29) is 0 Å². The second-order valence-electron chi connectivity index (χ2n) is 4.88. The van der Waals surface area contributed by atoms with Crippen molar-refractivity contribution in [1.82, 2.24) is 19.7 Å². The summed E-state index contributed by atoms with van der Waals surface area (Å²) in [4.78, 5) is 8.18. The molecule has 4 rings (SSSR count). The van der Waals surface area contributed by atoms with Crippen LogP contribution in [-0.4, -0.2) is 19.7 Å². The predicted molar refractivity (Wildman–Crippen MR) is 87.1 cm³/mol. The Balaban J connectivity index is 1.87. The fourth-order valence-electron chi connectivity index (χ4n) is 2.49. The summed E-state index contributed by atoms with van der Waals surface area (Å²) >= 11 is 6.27. The minimum absolute atomic E-state index is 0.738. The summed E-state index contributed by atoms with van der Waals surface area (Å²) in [6.45, 7) is 0. The van der Waals surface area contributed by atoms with Crippen LogP contribution in [0.4, 0.5) is 0 Å². The van der Waals surface area contributed by atoms with Gasteiger partial charge in [0.05, 0.1) is 17.6 Å². The standard InChI is InChI=1S/C17H11ClN4/c18-15-5-6-17(14-4-2-1-3-13(14)15)22-10-12(9-21-22)16-7-8-19-11-20-16/h1-11H. The fourth-order valence-corrected chi connectivity index (χ4v) is 2.72. The summed E-state index contributed by atoms with van der Waals surface area (Å²) in [6.07, 6.45) is 7.01. The minimum atomic E-state index is 0.738. The number of rotatable bonds is 2. The number of hydrogen-bond donors (Lipinski definition) is 0. The van der Waals surface area contributed by atoms with Crippen molar-refractivity contribution in [2.45, 2.75) is 0 Å². The first-order chi connectivity index (χ1) is 10.8. The van der Waals surface area contributed by atoms with Crippen LogP contribution in [0.1, 0.15) is 0 Å². The number of aromatic nitrogens is 4. The Bertz CT molecular complexity index is 947. The van der Waals surface area contributed by atoms with E-state index < -0.39 is 0 Å². The summed E-state index contributed by atoms with van der Waals surface area (Å²) < 4.78 is 1.84. The second-order valence-corrected chi connectivity index (χ2v) is 5.29. The third-order valence-electron chi connectivity index (χ3n) is 3.55.